The molecule has 0 atom stereocenters. The van der Waals surface area contributed by atoms with Gasteiger partial charge in [0.15, 0.2) is 0 Å². The number of nitro groups is 1. The van der Waals surface area contributed by atoms with Crippen LogP contribution in [-0.2, 0) is 0 Å². The number of nitro benzene ring substituents is 1. The standard InChI is InChI=1S/C14H10ClFN2O3/c1-8-3-2-4-10(15)13(8)17-14(19)9-5-6-11(16)12(7-9)18(20)21/h2-7H,1H3,(H,17,19). The number of para-hydroxylation sites is 1. The fraction of sp³-hybridized carbons (Fsp3) is 0.0714. The Morgan fingerprint density at radius 2 is 2.05 bits per heavy atom. The molecule has 0 unspecified atom stereocenters. The van der Waals surface area contributed by atoms with Crippen LogP contribution in [0.4, 0.5) is 15.8 Å². The fourth-order valence-electron chi connectivity index (χ4n) is 1.77. The smallest absolute Gasteiger partial charge is 0.305 e. The van der Waals surface area contributed by atoms with Gasteiger partial charge in [-0.05, 0) is 30.7 Å². The SMILES string of the molecule is Cc1cccc(Cl)c1NC(=O)c1ccc(F)c([N+](=O)[O-])c1. The third kappa shape index (κ3) is 3.17. The largest absolute Gasteiger partial charge is 0.320 e. The molecule has 0 heterocycles. The molecule has 0 aliphatic rings. The van der Waals surface area contributed by atoms with Crippen LogP contribution in [-0.4, -0.2) is 10.8 Å². The minimum Gasteiger partial charge on any atom is -0.320 e. The van der Waals surface area contributed by atoms with Gasteiger partial charge in [0.2, 0.25) is 5.82 Å². The molecular formula is C14H10ClFN2O3. The van der Waals surface area contributed by atoms with Crippen molar-refractivity contribution in [3.05, 3.63) is 68.5 Å². The predicted octanol–water partition coefficient (Wildman–Crippen LogP) is 3.95. The van der Waals surface area contributed by atoms with Crippen molar-refractivity contribution in [1.29, 1.82) is 0 Å². The van der Waals surface area contributed by atoms with Crippen LogP contribution in [0.15, 0.2) is 36.4 Å². The highest BCUT2D eigenvalue weighted by Crippen LogP contribution is 2.26. The molecule has 2 rings (SSSR count). The summed E-state index contributed by atoms with van der Waals surface area (Å²) >= 11 is 5.99. The van der Waals surface area contributed by atoms with Crippen LogP contribution in [0.1, 0.15) is 15.9 Å². The minimum absolute atomic E-state index is 0.0255. The maximum atomic E-state index is 13.2. The summed E-state index contributed by atoms with van der Waals surface area (Å²) in [6.45, 7) is 1.76. The number of anilines is 1. The summed E-state index contributed by atoms with van der Waals surface area (Å²) in [5.41, 5.74) is 0.379. The summed E-state index contributed by atoms with van der Waals surface area (Å²) in [7, 11) is 0. The summed E-state index contributed by atoms with van der Waals surface area (Å²) in [6, 6.07) is 8.04. The van der Waals surface area contributed by atoms with Crippen LogP contribution in [0.2, 0.25) is 5.02 Å². The maximum absolute atomic E-state index is 13.2. The molecule has 0 fully saturated rings. The van der Waals surface area contributed by atoms with Crippen molar-refractivity contribution >= 4 is 28.9 Å². The molecule has 0 bridgehead atoms. The third-order valence-electron chi connectivity index (χ3n) is 2.87. The molecule has 0 aromatic heterocycles. The van der Waals surface area contributed by atoms with E-state index >= 15 is 0 Å². The number of carbonyl (C=O) groups excluding carboxylic acids is 1. The van der Waals surface area contributed by atoms with Gasteiger partial charge in [0.25, 0.3) is 5.91 Å². The van der Waals surface area contributed by atoms with Gasteiger partial charge in [-0.3, -0.25) is 14.9 Å². The van der Waals surface area contributed by atoms with Gasteiger partial charge in [0.1, 0.15) is 0 Å². The van der Waals surface area contributed by atoms with E-state index in [1.807, 2.05) is 0 Å². The molecule has 0 saturated carbocycles. The first-order valence-electron chi connectivity index (χ1n) is 5.90. The molecule has 0 spiro atoms. The van der Waals surface area contributed by atoms with Crippen molar-refractivity contribution in [2.24, 2.45) is 0 Å². The molecule has 1 amide bonds. The number of hydrogen-bond acceptors (Lipinski definition) is 3. The Hall–Kier alpha value is -2.47. The van der Waals surface area contributed by atoms with Gasteiger partial charge < -0.3 is 5.32 Å². The number of aryl methyl sites for hydroxylation is 1. The molecule has 1 N–H and O–H groups in total. The second-order valence-corrected chi connectivity index (χ2v) is 4.72. The second-order valence-electron chi connectivity index (χ2n) is 4.31. The van der Waals surface area contributed by atoms with E-state index in [2.05, 4.69) is 5.32 Å². The lowest BCUT2D eigenvalue weighted by Crippen LogP contribution is -2.13. The first-order chi connectivity index (χ1) is 9.90. The Bertz CT molecular complexity index is 714. The number of nitrogens with one attached hydrogen (secondary N) is 1. The van der Waals surface area contributed by atoms with Crippen molar-refractivity contribution in [3.63, 3.8) is 0 Å². The number of hydrogen-bond donors (Lipinski definition) is 1. The Kier molecular flexibility index (Phi) is 4.18. The predicted molar refractivity (Wildman–Crippen MR) is 77.2 cm³/mol. The molecule has 108 valence electrons. The molecule has 7 heteroatoms. The van der Waals surface area contributed by atoms with E-state index in [4.69, 9.17) is 11.6 Å². The van der Waals surface area contributed by atoms with Gasteiger partial charge in [-0.1, -0.05) is 23.7 Å². The Morgan fingerprint density at radius 3 is 2.67 bits per heavy atom. The first-order valence-corrected chi connectivity index (χ1v) is 6.28. The first kappa shape index (κ1) is 14.9. The van der Waals surface area contributed by atoms with Crippen molar-refractivity contribution in [3.8, 4) is 0 Å². The summed E-state index contributed by atoms with van der Waals surface area (Å²) in [5, 5.41) is 13.6. The summed E-state index contributed by atoms with van der Waals surface area (Å²) in [4.78, 5) is 21.9. The van der Waals surface area contributed by atoms with Crippen molar-refractivity contribution < 1.29 is 14.1 Å². The monoisotopic (exact) mass is 308 g/mol. The highest BCUT2D eigenvalue weighted by molar-refractivity contribution is 6.34. The average molecular weight is 309 g/mol. The molecule has 0 aliphatic carbocycles. The van der Waals surface area contributed by atoms with E-state index in [0.29, 0.717) is 10.7 Å². The molecule has 0 saturated heterocycles. The topological polar surface area (TPSA) is 72.2 Å². The second kappa shape index (κ2) is 5.88. The highest BCUT2D eigenvalue weighted by Gasteiger charge is 2.18. The molecule has 2 aromatic rings. The average Bonchev–Trinajstić information content (AvgIpc) is 2.43. The van der Waals surface area contributed by atoms with E-state index in [9.17, 15) is 19.3 Å². The lowest BCUT2D eigenvalue weighted by Gasteiger charge is -2.10. The normalized spacial score (nSPS) is 10.2. The van der Waals surface area contributed by atoms with Gasteiger partial charge >= 0.3 is 5.69 Å². The highest BCUT2D eigenvalue weighted by atomic mass is 35.5. The summed E-state index contributed by atoms with van der Waals surface area (Å²) in [6.07, 6.45) is 0. The number of nitrogens with zero attached hydrogens (tertiary/aromatic N) is 1. The van der Waals surface area contributed by atoms with Gasteiger partial charge in [-0.2, -0.15) is 4.39 Å². The van der Waals surface area contributed by atoms with Gasteiger partial charge in [-0.25, -0.2) is 0 Å². The molecular weight excluding hydrogens is 299 g/mol. The molecule has 5 nitrogen and oxygen atoms in total. The minimum atomic E-state index is -0.995. The zero-order valence-electron chi connectivity index (χ0n) is 10.9. The Morgan fingerprint density at radius 1 is 1.33 bits per heavy atom. The van der Waals surface area contributed by atoms with Crippen molar-refractivity contribution in [1.82, 2.24) is 0 Å². The lowest BCUT2D eigenvalue weighted by molar-refractivity contribution is -0.387. The summed E-state index contributed by atoms with van der Waals surface area (Å²) in [5.74, 6) is -1.60. The number of halogens is 2. The van der Waals surface area contributed by atoms with Crippen LogP contribution in [0.3, 0.4) is 0 Å². The van der Waals surface area contributed by atoms with Gasteiger partial charge in [0, 0.05) is 11.6 Å². The van der Waals surface area contributed by atoms with E-state index in [1.165, 1.54) is 6.07 Å². The Balaban J connectivity index is 2.33. The zero-order chi connectivity index (χ0) is 15.6. The quantitative estimate of drug-likeness (QED) is 0.689. The summed E-state index contributed by atoms with van der Waals surface area (Å²) < 4.78 is 13.2. The van der Waals surface area contributed by atoms with Crippen molar-refractivity contribution in [2.45, 2.75) is 6.92 Å². The molecule has 2 aromatic carbocycles. The molecule has 0 aliphatic heterocycles. The van der Waals surface area contributed by atoms with Crippen LogP contribution in [0.5, 0.6) is 0 Å². The van der Waals surface area contributed by atoms with Crippen LogP contribution in [0.25, 0.3) is 0 Å². The van der Waals surface area contributed by atoms with E-state index < -0.39 is 22.3 Å². The zero-order valence-corrected chi connectivity index (χ0v) is 11.6. The third-order valence-corrected chi connectivity index (χ3v) is 3.18. The number of amides is 1. The van der Waals surface area contributed by atoms with Crippen molar-refractivity contribution in [2.75, 3.05) is 5.32 Å². The van der Waals surface area contributed by atoms with E-state index in [0.717, 1.165) is 17.7 Å². The number of rotatable bonds is 3. The fourth-order valence-corrected chi connectivity index (χ4v) is 2.04. The Labute approximate surface area is 124 Å². The number of carbonyl (C=O) groups is 1. The molecule has 21 heavy (non-hydrogen) atoms. The van der Waals surface area contributed by atoms with Crippen LogP contribution < -0.4 is 5.32 Å². The van der Waals surface area contributed by atoms with Crippen LogP contribution in [0, 0.1) is 22.9 Å². The lowest BCUT2D eigenvalue weighted by atomic mass is 10.1. The number of benzene rings is 2. The maximum Gasteiger partial charge on any atom is 0.305 e. The van der Waals surface area contributed by atoms with Crippen LogP contribution >= 0.6 is 11.6 Å². The van der Waals surface area contributed by atoms with E-state index in [1.54, 1.807) is 25.1 Å². The molecule has 0 radical (unpaired) electrons. The van der Waals surface area contributed by atoms with Gasteiger partial charge in [-0.15, -0.1) is 0 Å². The van der Waals surface area contributed by atoms with E-state index in [-0.39, 0.29) is 5.56 Å². The van der Waals surface area contributed by atoms with Gasteiger partial charge in [0.05, 0.1) is 15.6 Å².